The van der Waals surface area contributed by atoms with Gasteiger partial charge in [-0.25, -0.2) is 4.98 Å². The van der Waals surface area contributed by atoms with Gasteiger partial charge in [0.1, 0.15) is 5.82 Å². The van der Waals surface area contributed by atoms with Crippen LogP contribution in [0.15, 0.2) is 66.2 Å². The van der Waals surface area contributed by atoms with Crippen LogP contribution in [0.5, 0.6) is 0 Å². The van der Waals surface area contributed by atoms with Gasteiger partial charge in [0.25, 0.3) is 0 Å². The minimum absolute atomic E-state index is 0.128. The maximum Gasteiger partial charge on any atom is 0.132 e. The van der Waals surface area contributed by atoms with Crippen LogP contribution in [0, 0.1) is 0 Å². The molecule has 0 radical (unpaired) electrons. The lowest BCUT2D eigenvalue weighted by Crippen LogP contribution is -2.32. The summed E-state index contributed by atoms with van der Waals surface area (Å²) in [6, 6.07) is 19.4. The second-order valence-electron chi connectivity index (χ2n) is 6.53. The molecule has 2 nitrogen and oxygen atoms in total. The van der Waals surface area contributed by atoms with Crippen molar-refractivity contribution in [2.75, 3.05) is 11.4 Å². The number of fused-ring (bicyclic) bond motifs is 1. The summed E-state index contributed by atoms with van der Waals surface area (Å²) in [6.45, 7) is 4.31. The zero-order chi connectivity index (χ0) is 15.7. The Morgan fingerprint density at radius 1 is 1.09 bits per heavy atom. The van der Waals surface area contributed by atoms with E-state index in [1.54, 1.807) is 0 Å². The van der Waals surface area contributed by atoms with Crippen molar-refractivity contribution >= 4 is 17.2 Å². The topological polar surface area (TPSA) is 16.1 Å². The zero-order valence-corrected chi connectivity index (χ0v) is 14.1. The Balaban J connectivity index is 1.66. The molecule has 1 atom stereocenters. The number of hydrogen-bond acceptors (Lipinski definition) is 3. The number of aromatic nitrogens is 1. The summed E-state index contributed by atoms with van der Waals surface area (Å²) in [7, 11) is 0. The molecule has 0 saturated heterocycles. The normalized spacial score (nSPS) is 19.8. The van der Waals surface area contributed by atoms with E-state index in [4.69, 9.17) is 4.98 Å². The Labute approximate surface area is 141 Å². The first kappa shape index (κ1) is 14.5. The predicted molar refractivity (Wildman–Crippen MR) is 97.1 cm³/mol. The molecule has 3 heterocycles. The van der Waals surface area contributed by atoms with E-state index in [1.165, 1.54) is 16.0 Å². The molecular weight excluding hydrogens is 300 g/mol. The largest absolute Gasteiger partial charge is 0.351 e. The van der Waals surface area contributed by atoms with Crippen LogP contribution in [0.3, 0.4) is 0 Å². The molecule has 0 fully saturated rings. The van der Waals surface area contributed by atoms with Crippen molar-refractivity contribution in [3.8, 4) is 0 Å². The highest BCUT2D eigenvalue weighted by Crippen LogP contribution is 2.42. The maximum atomic E-state index is 4.69. The van der Waals surface area contributed by atoms with Crippen LogP contribution in [0.25, 0.3) is 0 Å². The Morgan fingerprint density at radius 3 is 2.74 bits per heavy atom. The van der Waals surface area contributed by atoms with Crippen molar-refractivity contribution in [1.82, 2.24) is 4.98 Å². The summed E-state index contributed by atoms with van der Waals surface area (Å²) in [6.07, 6.45) is 2.99. The molecule has 0 spiro atoms. The van der Waals surface area contributed by atoms with Gasteiger partial charge in [0.15, 0.2) is 0 Å². The van der Waals surface area contributed by atoms with Gasteiger partial charge in [-0.05, 0) is 29.5 Å². The second kappa shape index (κ2) is 5.82. The third-order valence-corrected chi connectivity index (χ3v) is 5.51. The Bertz CT molecular complexity index is 782. The minimum atomic E-state index is 0.128. The second-order valence-corrected chi connectivity index (χ2v) is 7.57. The van der Waals surface area contributed by atoms with E-state index in [-0.39, 0.29) is 5.41 Å². The SMILES string of the molecule is C[C@@]1(Cc2cccs2)CN(Cc2ccccc2)c2ncccc21. The first-order chi connectivity index (χ1) is 11.2. The molecule has 0 bridgehead atoms. The summed E-state index contributed by atoms with van der Waals surface area (Å²) < 4.78 is 0. The van der Waals surface area contributed by atoms with E-state index in [2.05, 4.69) is 71.8 Å². The average molecular weight is 320 g/mol. The molecule has 0 N–H and O–H groups in total. The van der Waals surface area contributed by atoms with Gasteiger partial charge in [-0.15, -0.1) is 11.3 Å². The lowest BCUT2D eigenvalue weighted by atomic mass is 9.81. The van der Waals surface area contributed by atoms with Crippen LogP contribution >= 0.6 is 11.3 Å². The summed E-state index contributed by atoms with van der Waals surface area (Å²) in [5, 5.41) is 2.17. The van der Waals surface area contributed by atoms with Crippen LogP contribution < -0.4 is 4.90 Å². The fraction of sp³-hybridized carbons (Fsp3) is 0.250. The molecule has 0 unspecified atom stereocenters. The number of hydrogen-bond donors (Lipinski definition) is 0. The van der Waals surface area contributed by atoms with Crippen LogP contribution in [0.1, 0.15) is 22.9 Å². The van der Waals surface area contributed by atoms with Crippen molar-refractivity contribution in [3.05, 3.63) is 82.2 Å². The van der Waals surface area contributed by atoms with Crippen LogP contribution in [0.2, 0.25) is 0 Å². The van der Waals surface area contributed by atoms with Crippen molar-refractivity contribution in [2.24, 2.45) is 0 Å². The van der Waals surface area contributed by atoms with Gasteiger partial charge in [0, 0.05) is 35.1 Å². The van der Waals surface area contributed by atoms with E-state index < -0.39 is 0 Å². The standard InChI is InChI=1S/C20H20N2S/c1-20(13-17-9-6-12-23-17)15-22(14-16-7-3-2-4-8-16)19-18(20)10-5-11-21-19/h2-12H,13-15H2,1H3/t20-/m1/s1. The zero-order valence-electron chi connectivity index (χ0n) is 13.3. The highest BCUT2D eigenvalue weighted by molar-refractivity contribution is 7.09. The Kier molecular flexibility index (Phi) is 3.66. The number of benzene rings is 1. The first-order valence-corrected chi connectivity index (χ1v) is 8.89. The van der Waals surface area contributed by atoms with Crippen LogP contribution in [-0.4, -0.2) is 11.5 Å². The van der Waals surface area contributed by atoms with E-state index in [9.17, 15) is 0 Å². The molecule has 1 aliphatic heterocycles. The van der Waals surface area contributed by atoms with E-state index in [0.717, 1.165) is 25.3 Å². The monoisotopic (exact) mass is 320 g/mol. The average Bonchev–Trinajstić information content (AvgIpc) is 3.16. The third-order valence-electron chi connectivity index (χ3n) is 4.64. The smallest absolute Gasteiger partial charge is 0.132 e. The van der Waals surface area contributed by atoms with Crippen molar-refractivity contribution < 1.29 is 0 Å². The molecule has 4 rings (SSSR count). The molecule has 1 aromatic carbocycles. The molecule has 0 saturated carbocycles. The summed E-state index contributed by atoms with van der Waals surface area (Å²) in [4.78, 5) is 8.57. The molecule has 23 heavy (non-hydrogen) atoms. The molecule has 3 heteroatoms. The van der Waals surface area contributed by atoms with E-state index in [1.807, 2.05) is 17.5 Å². The molecule has 0 amide bonds. The fourth-order valence-electron chi connectivity index (χ4n) is 3.58. The molecular formula is C20H20N2S. The van der Waals surface area contributed by atoms with E-state index in [0.29, 0.717) is 0 Å². The summed E-state index contributed by atoms with van der Waals surface area (Å²) >= 11 is 1.85. The number of pyridine rings is 1. The quantitative estimate of drug-likeness (QED) is 0.695. The van der Waals surface area contributed by atoms with Gasteiger partial charge >= 0.3 is 0 Å². The maximum absolute atomic E-state index is 4.69. The number of nitrogens with zero attached hydrogens (tertiary/aromatic N) is 2. The van der Waals surface area contributed by atoms with Gasteiger partial charge in [-0.2, -0.15) is 0 Å². The summed E-state index contributed by atoms with van der Waals surface area (Å²) in [5.74, 6) is 1.15. The molecule has 3 aromatic rings. The molecule has 1 aliphatic rings. The Morgan fingerprint density at radius 2 is 1.96 bits per heavy atom. The lowest BCUT2D eigenvalue weighted by molar-refractivity contribution is 0.497. The minimum Gasteiger partial charge on any atom is -0.351 e. The highest BCUT2D eigenvalue weighted by Gasteiger charge is 2.39. The third kappa shape index (κ3) is 2.77. The van der Waals surface area contributed by atoms with Crippen molar-refractivity contribution in [2.45, 2.75) is 25.3 Å². The fourth-order valence-corrected chi connectivity index (χ4v) is 4.48. The number of thiophene rings is 1. The van der Waals surface area contributed by atoms with Gasteiger partial charge < -0.3 is 4.90 Å². The van der Waals surface area contributed by atoms with Gasteiger partial charge in [0.2, 0.25) is 0 Å². The van der Waals surface area contributed by atoms with Gasteiger partial charge in [-0.1, -0.05) is 49.4 Å². The molecule has 116 valence electrons. The summed E-state index contributed by atoms with van der Waals surface area (Å²) in [5.41, 5.74) is 2.84. The predicted octanol–water partition coefficient (Wildman–Crippen LogP) is 4.66. The van der Waals surface area contributed by atoms with Crippen molar-refractivity contribution in [1.29, 1.82) is 0 Å². The molecule has 2 aromatic heterocycles. The van der Waals surface area contributed by atoms with Crippen molar-refractivity contribution in [3.63, 3.8) is 0 Å². The van der Waals surface area contributed by atoms with Crippen LogP contribution in [0.4, 0.5) is 5.82 Å². The highest BCUT2D eigenvalue weighted by atomic mass is 32.1. The van der Waals surface area contributed by atoms with Gasteiger partial charge in [0.05, 0.1) is 0 Å². The van der Waals surface area contributed by atoms with Crippen LogP contribution in [-0.2, 0) is 18.4 Å². The Hall–Kier alpha value is -2.13. The number of rotatable bonds is 4. The van der Waals surface area contributed by atoms with E-state index >= 15 is 0 Å². The molecule has 0 aliphatic carbocycles. The lowest BCUT2D eigenvalue weighted by Gasteiger charge is -2.25. The van der Waals surface area contributed by atoms with Gasteiger partial charge in [-0.3, -0.25) is 0 Å². The number of anilines is 1. The first-order valence-electron chi connectivity index (χ1n) is 8.01.